The van der Waals surface area contributed by atoms with Gasteiger partial charge in [0.15, 0.2) is 0 Å². The van der Waals surface area contributed by atoms with Crippen LogP contribution in [0.25, 0.3) is 0 Å². The number of hydrogen-bond donors (Lipinski definition) is 0. The number of ether oxygens (including phenoxy) is 4. The predicted octanol–water partition coefficient (Wildman–Crippen LogP) is 1.60. The van der Waals surface area contributed by atoms with Gasteiger partial charge in [-0.15, -0.1) is 0 Å². The van der Waals surface area contributed by atoms with Gasteiger partial charge in [-0.1, -0.05) is 6.92 Å². The van der Waals surface area contributed by atoms with E-state index in [4.69, 9.17) is 14.2 Å². The minimum Gasteiger partial charge on any atom is -0.438 e. The van der Waals surface area contributed by atoms with Crippen LogP contribution in [-0.4, -0.2) is 45.8 Å². The molecule has 0 aromatic carbocycles. The molecular formula is C10H20O5. The van der Waals surface area contributed by atoms with Crippen molar-refractivity contribution in [2.24, 2.45) is 0 Å². The SMILES string of the molecule is CCC(COC(C)COC(=O)OC)OC. The van der Waals surface area contributed by atoms with Crippen LogP contribution in [-0.2, 0) is 18.9 Å². The molecule has 0 saturated carbocycles. The Morgan fingerprint density at radius 3 is 2.40 bits per heavy atom. The van der Waals surface area contributed by atoms with Crippen LogP contribution in [0.2, 0.25) is 0 Å². The molecule has 0 aliphatic heterocycles. The van der Waals surface area contributed by atoms with E-state index >= 15 is 0 Å². The first-order valence-electron chi connectivity index (χ1n) is 4.99. The first kappa shape index (κ1) is 14.2. The van der Waals surface area contributed by atoms with Crippen molar-refractivity contribution in [3.63, 3.8) is 0 Å². The molecule has 0 heterocycles. The summed E-state index contributed by atoms with van der Waals surface area (Å²) in [4.78, 5) is 10.6. The fourth-order valence-electron chi connectivity index (χ4n) is 0.917. The molecule has 0 amide bonds. The number of carbonyl (C=O) groups excluding carboxylic acids is 1. The molecule has 90 valence electrons. The Labute approximate surface area is 90.6 Å². The average molecular weight is 220 g/mol. The summed E-state index contributed by atoms with van der Waals surface area (Å²) >= 11 is 0. The Hall–Kier alpha value is -0.810. The molecule has 0 N–H and O–H groups in total. The van der Waals surface area contributed by atoms with E-state index in [0.29, 0.717) is 6.61 Å². The number of rotatable bonds is 7. The monoisotopic (exact) mass is 220 g/mol. The second-order valence-electron chi connectivity index (χ2n) is 3.18. The molecule has 15 heavy (non-hydrogen) atoms. The molecule has 2 unspecified atom stereocenters. The van der Waals surface area contributed by atoms with Crippen LogP contribution in [0.15, 0.2) is 0 Å². The fourth-order valence-corrected chi connectivity index (χ4v) is 0.917. The molecule has 0 saturated heterocycles. The Bertz CT molecular complexity index is 167. The van der Waals surface area contributed by atoms with Crippen molar-refractivity contribution in [3.8, 4) is 0 Å². The lowest BCUT2D eigenvalue weighted by Crippen LogP contribution is -2.25. The highest BCUT2D eigenvalue weighted by Gasteiger charge is 2.10. The number of carbonyl (C=O) groups is 1. The lowest BCUT2D eigenvalue weighted by atomic mass is 10.3. The summed E-state index contributed by atoms with van der Waals surface area (Å²) in [7, 11) is 2.92. The van der Waals surface area contributed by atoms with E-state index < -0.39 is 6.16 Å². The maximum Gasteiger partial charge on any atom is 0.508 e. The van der Waals surface area contributed by atoms with Crippen LogP contribution in [0.4, 0.5) is 4.79 Å². The maximum absolute atomic E-state index is 10.6. The van der Waals surface area contributed by atoms with Crippen molar-refractivity contribution in [1.29, 1.82) is 0 Å². The minimum absolute atomic E-state index is 0.0885. The summed E-state index contributed by atoms with van der Waals surface area (Å²) in [6.07, 6.45) is 0.129. The van der Waals surface area contributed by atoms with Crippen molar-refractivity contribution >= 4 is 6.16 Å². The molecule has 5 nitrogen and oxygen atoms in total. The first-order chi connectivity index (χ1) is 7.13. The molecule has 0 rings (SSSR count). The van der Waals surface area contributed by atoms with Gasteiger partial charge in [-0.2, -0.15) is 0 Å². The van der Waals surface area contributed by atoms with E-state index in [1.54, 1.807) is 7.11 Å². The van der Waals surface area contributed by atoms with E-state index in [-0.39, 0.29) is 18.8 Å². The topological polar surface area (TPSA) is 54.0 Å². The van der Waals surface area contributed by atoms with Gasteiger partial charge < -0.3 is 18.9 Å². The molecule has 0 bridgehead atoms. The highest BCUT2D eigenvalue weighted by molar-refractivity contribution is 5.59. The molecule has 0 aromatic rings. The second-order valence-corrected chi connectivity index (χ2v) is 3.18. The smallest absolute Gasteiger partial charge is 0.438 e. The van der Waals surface area contributed by atoms with Gasteiger partial charge in [-0.3, -0.25) is 0 Å². The van der Waals surface area contributed by atoms with Crippen molar-refractivity contribution in [1.82, 2.24) is 0 Å². The highest BCUT2D eigenvalue weighted by atomic mass is 16.7. The van der Waals surface area contributed by atoms with Gasteiger partial charge in [-0.25, -0.2) is 4.79 Å². The average Bonchev–Trinajstić information content (AvgIpc) is 2.27. The fraction of sp³-hybridized carbons (Fsp3) is 0.900. The van der Waals surface area contributed by atoms with Gasteiger partial charge in [0.1, 0.15) is 6.61 Å². The summed E-state index contributed by atoms with van der Waals surface area (Å²) in [6.45, 7) is 4.53. The van der Waals surface area contributed by atoms with E-state index in [0.717, 1.165) is 6.42 Å². The van der Waals surface area contributed by atoms with Gasteiger partial charge in [0.05, 0.1) is 25.9 Å². The third-order valence-electron chi connectivity index (χ3n) is 1.96. The molecule has 0 spiro atoms. The highest BCUT2D eigenvalue weighted by Crippen LogP contribution is 2.00. The van der Waals surface area contributed by atoms with Gasteiger partial charge in [0.25, 0.3) is 0 Å². The van der Waals surface area contributed by atoms with Crippen LogP contribution >= 0.6 is 0 Å². The Morgan fingerprint density at radius 2 is 1.93 bits per heavy atom. The summed E-state index contributed by atoms with van der Waals surface area (Å²) in [5.74, 6) is 0. The lowest BCUT2D eigenvalue weighted by molar-refractivity contribution is -0.0472. The van der Waals surface area contributed by atoms with E-state index in [9.17, 15) is 4.79 Å². The minimum atomic E-state index is -0.691. The zero-order valence-corrected chi connectivity index (χ0v) is 9.82. The van der Waals surface area contributed by atoms with Crippen molar-refractivity contribution in [2.45, 2.75) is 32.5 Å². The summed E-state index contributed by atoms with van der Waals surface area (Å²) < 4.78 is 19.6. The van der Waals surface area contributed by atoms with Crippen molar-refractivity contribution in [2.75, 3.05) is 27.4 Å². The third-order valence-corrected chi connectivity index (χ3v) is 1.96. The van der Waals surface area contributed by atoms with Gasteiger partial charge >= 0.3 is 6.16 Å². The Morgan fingerprint density at radius 1 is 1.27 bits per heavy atom. The Balaban J connectivity index is 3.56. The zero-order valence-electron chi connectivity index (χ0n) is 9.82. The molecule has 0 radical (unpaired) electrons. The zero-order chi connectivity index (χ0) is 11.7. The molecule has 0 fully saturated rings. The van der Waals surface area contributed by atoms with Crippen molar-refractivity contribution in [3.05, 3.63) is 0 Å². The van der Waals surface area contributed by atoms with Crippen LogP contribution < -0.4 is 0 Å². The predicted molar refractivity (Wildman–Crippen MR) is 54.9 cm³/mol. The molecule has 0 aliphatic carbocycles. The summed E-state index contributed by atoms with van der Waals surface area (Å²) in [5.41, 5.74) is 0. The van der Waals surface area contributed by atoms with Crippen LogP contribution in [0.1, 0.15) is 20.3 Å². The molecule has 0 aliphatic rings. The largest absolute Gasteiger partial charge is 0.508 e. The van der Waals surface area contributed by atoms with Crippen molar-refractivity contribution < 1.29 is 23.7 Å². The van der Waals surface area contributed by atoms with Gasteiger partial charge in [-0.05, 0) is 13.3 Å². The molecule has 2 atom stereocenters. The van der Waals surface area contributed by atoms with Gasteiger partial charge in [0.2, 0.25) is 0 Å². The van der Waals surface area contributed by atoms with Crippen LogP contribution in [0.5, 0.6) is 0 Å². The first-order valence-corrected chi connectivity index (χ1v) is 4.99. The molecular weight excluding hydrogens is 200 g/mol. The quantitative estimate of drug-likeness (QED) is 0.610. The standard InChI is InChI=1S/C10H20O5/c1-5-9(12-3)7-14-8(2)6-15-10(11)13-4/h8-9H,5-7H2,1-4H3. The second kappa shape index (κ2) is 8.49. The summed E-state index contributed by atoms with van der Waals surface area (Å²) in [6, 6.07) is 0. The number of hydrogen-bond acceptors (Lipinski definition) is 5. The normalized spacial score (nSPS) is 14.4. The Kier molecular flexibility index (Phi) is 8.04. The molecule has 5 heteroatoms. The van der Waals surface area contributed by atoms with E-state index in [2.05, 4.69) is 4.74 Å². The number of methoxy groups -OCH3 is 2. The van der Waals surface area contributed by atoms with E-state index in [1.807, 2.05) is 13.8 Å². The van der Waals surface area contributed by atoms with Crippen LogP contribution in [0.3, 0.4) is 0 Å². The van der Waals surface area contributed by atoms with Crippen LogP contribution in [0, 0.1) is 0 Å². The third kappa shape index (κ3) is 7.16. The lowest BCUT2D eigenvalue weighted by Gasteiger charge is -2.17. The summed E-state index contributed by atoms with van der Waals surface area (Å²) in [5, 5.41) is 0. The van der Waals surface area contributed by atoms with E-state index in [1.165, 1.54) is 7.11 Å². The van der Waals surface area contributed by atoms with Gasteiger partial charge in [0, 0.05) is 7.11 Å². The maximum atomic E-state index is 10.6. The molecule has 0 aromatic heterocycles.